The summed E-state index contributed by atoms with van der Waals surface area (Å²) in [5, 5.41) is 8.19. The van der Waals surface area contributed by atoms with Crippen molar-refractivity contribution in [2.75, 3.05) is 23.7 Å². The summed E-state index contributed by atoms with van der Waals surface area (Å²) in [5.41, 5.74) is 9.46. The van der Waals surface area contributed by atoms with E-state index >= 15 is 0 Å². The second-order valence-corrected chi connectivity index (χ2v) is 4.78. The summed E-state index contributed by atoms with van der Waals surface area (Å²) in [5.74, 6) is 0.177. The van der Waals surface area contributed by atoms with Gasteiger partial charge in [0.1, 0.15) is 0 Å². The van der Waals surface area contributed by atoms with Crippen molar-refractivity contribution in [2.45, 2.75) is 27.2 Å². The van der Waals surface area contributed by atoms with Crippen LogP contribution in [0.1, 0.15) is 32.8 Å². The van der Waals surface area contributed by atoms with Crippen LogP contribution in [-0.4, -0.2) is 18.8 Å². The number of nitrogens with one attached hydrogen (secondary N) is 1. The number of nitrogens with two attached hydrogens (primary N) is 1. The molecule has 0 aromatic heterocycles. The van der Waals surface area contributed by atoms with E-state index in [4.69, 9.17) is 11.1 Å². The van der Waals surface area contributed by atoms with E-state index < -0.39 is 0 Å². The topological polar surface area (TPSA) is 53.1 Å². The van der Waals surface area contributed by atoms with Gasteiger partial charge in [-0.15, -0.1) is 6.58 Å². The molecule has 0 fully saturated rings. The predicted octanol–water partition coefficient (Wildman–Crippen LogP) is 3.70. The van der Waals surface area contributed by atoms with Gasteiger partial charge in [-0.05, 0) is 38.0 Å². The highest BCUT2D eigenvalue weighted by Gasteiger charge is 2.12. The normalized spacial score (nSPS) is 11.9. The molecule has 0 spiro atoms. The molecule has 3 nitrogen and oxygen atoms in total. The monoisotopic (exact) mass is 259 g/mol. The Balaban J connectivity index is 2.99. The van der Waals surface area contributed by atoms with E-state index in [0.29, 0.717) is 5.71 Å². The number of hydrogen-bond donors (Lipinski definition) is 2. The number of nitrogen functional groups attached to an aromatic ring is 1. The van der Waals surface area contributed by atoms with Gasteiger partial charge >= 0.3 is 0 Å². The van der Waals surface area contributed by atoms with Gasteiger partial charge in [-0.2, -0.15) is 0 Å². The fraction of sp³-hybridized carbons (Fsp3) is 0.438. The summed E-state index contributed by atoms with van der Waals surface area (Å²) >= 11 is 0. The van der Waals surface area contributed by atoms with E-state index in [1.54, 1.807) is 0 Å². The molecular formula is C16H25N3. The molecule has 0 bridgehead atoms. The molecule has 3 N–H and O–H groups in total. The van der Waals surface area contributed by atoms with Gasteiger partial charge in [0.25, 0.3) is 0 Å². The molecule has 1 aromatic carbocycles. The molecular weight excluding hydrogens is 234 g/mol. The number of benzene rings is 1. The van der Waals surface area contributed by atoms with E-state index in [-0.39, 0.29) is 5.92 Å². The summed E-state index contributed by atoms with van der Waals surface area (Å²) < 4.78 is 0. The standard InChI is InChI=1S/C16H25N3/c1-5-8-12(4)16(18)13-9-10-15(14(17)11-13)19(6-2)7-3/h5,9-12,18H,1,6-8,17H2,2-4H3. The van der Waals surface area contributed by atoms with Gasteiger partial charge in [-0.3, -0.25) is 0 Å². The Morgan fingerprint density at radius 3 is 2.53 bits per heavy atom. The first-order chi connectivity index (χ1) is 9.04. The van der Waals surface area contributed by atoms with Crippen molar-refractivity contribution in [1.29, 1.82) is 5.41 Å². The van der Waals surface area contributed by atoms with E-state index in [1.807, 2.05) is 31.2 Å². The molecule has 0 saturated heterocycles. The van der Waals surface area contributed by atoms with Crippen molar-refractivity contribution >= 4 is 17.1 Å². The third-order valence-electron chi connectivity index (χ3n) is 3.46. The molecule has 19 heavy (non-hydrogen) atoms. The maximum atomic E-state index is 8.19. The van der Waals surface area contributed by atoms with Gasteiger partial charge in [0.15, 0.2) is 0 Å². The number of hydrogen-bond acceptors (Lipinski definition) is 3. The molecule has 0 aliphatic carbocycles. The van der Waals surface area contributed by atoms with E-state index in [2.05, 4.69) is 25.3 Å². The van der Waals surface area contributed by atoms with Gasteiger partial charge < -0.3 is 16.0 Å². The molecule has 0 radical (unpaired) electrons. The van der Waals surface area contributed by atoms with Crippen molar-refractivity contribution < 1.29 is 0 Å². The van der Waals surface area contributed by atoms with Gasteiger partial charge in [0.05, 0.1) is 11.4 Å². The number of nitrogens with zero attached hydrogens (tertiary/aromatic N) is 1. The van der Waals surface area contributed by atoms with Gasteiger partial charge in [-0.25, -0.2) is 0 Å². The predicted molar refractivity (Wildman–Crippen MR) is 85.2 cm³/mol. The first-order valence-electron chi connectivity index (χ1n) is 6.89. The molecule has 1 atom stereocenters. The minimum absolute atomic E-state index is 0.177. The van der Waals surface area contributed by atoms with E-state index in [0.717, 1.165) is 36.4 Å². The SMILES string of the molecule is C=CCC(C)C(=N)c1ccc(N(CC)CC)c(N)c1. The average Bonchev–Trinajstić information content (AvgIpc) is 2.41. The van der Waals surface area contributed by atoms with Gasteiger partial charge in [0, 0.05) is 24.7 Å². The molecule has 1 unspecified atom stereocenters. The number of rotatable bonds is 7. The fourth-order valence-electron chi connectivity index (χ4n) is 2.23. The lowest BCUT2D eigenvalue weighted by molar-refractivity contribution is 0.787. The summed E-state index contributed by atoms with van der Waals surface area (Å²) in [6.45, 7) is 11.9. The van der Waals surface area contributed by atoms with Crippen LogP contribution in [0.25, 0.3) is 0 Å². The Labute approximate surface area is 116 Å². The third kappa shape index (κ3) is 3.60. The van der Waals surface area contributed by atoms with Crippen LogP contribution >= 0.6 is 0 Å². The quantitative estimate of drug-likeness (QED) is 0.446. The molecule has 0 amide bonds. The van der Waals surface area contributed by atoms with Crippen molar-refractivity contribution in [1.82, 2.24) is 0 Å². The van der Waals surface area contributed by atoms with Crippen LogP contribution in [-0.2, 0) is 0 Å². The number of allylic oxidation sites excluding steroid dienone is 1. The summed E-state index contributed by atoms with van der Waals surface area (Å²) in [6, 6.07) is 5.92. The van der Waals surface area contributed by atoms with E-state index in [1.165, 1.54) is 0 Å². The third-order valence-corrected chi connectivity index (χ3v) is 3.46. The average molecular weight is 259 g/mol. The van der Waals surface area contributed by atoms with Gasteiger partial charge in [0.2, 0.25) is 0 Å². The zero-order valence-corrected chi connectivity index (χ0v) is 12.2. The zero-order valence-electron chi connectivity index (χ0n) is 12.2. The Bertz CT molecular complexity index is 447. The Hall–Kier alpha value is -1.77. The highest BCUT2D eigenvalue weighted by molar-refractivity contribution is 6.01. The first-order valence-corrected chi connectivity index (χ1v) is 6.89. The summed E-state index contributed by atoms with van der Waals surface area (Å²) in [4.78, 5) is 2.22. The Kier molecular flexibility index (Phi) is 5.61. The maximum Gasteiger partial charge on any atom is 0.0600 e. The highest BCUT2D eigenvalue weighted by atomic mass is 15.1. The smallest absolute Gasteiger partial charge is 0.0600 e. The minimum atomic E-state index is 0.177. The number of anilines is 2. The van der Waals surface area contributed by atoms with Crippen LogP contribution in [0.5, 0.6) is 0 Å². The van der Waals surface area contributed by atoms with Crippen molar-refractivity contribution in [3.05, 3.63) is 36.4 Å². The van der Waals surface area contributed by atoms with Gasteiger partial charge in [-0.1, -0.05) is 19.1 Å². The van der Waals surface area contributed by atoms with Crippen LogP contribution in [0, 0.1) is 11.3 Å². The van der Waals surface area contributed by atoms with E-state index in [9.17, 15) is 0 Å². The summed E-state index contributed by atoms with van der Waals surface area (Å²) in [7, 11) is 0. The molecule has 104 valence electrons. The second kappa shape index (κ2) is 6.98. The lowest BCUT2D eigenvalue weighted by Gasteiger charge is -2.23. The molecule has 0 saturated carbocycles. The first kappa shape index (κ1) is 15.3. The molecule has 0 heterocycles. The Morgan fingerprint density at radius 1 is 1.42 bits per heavy atom. The zero-order chi connectivity index (χ0) is 14.4. The van der Waals surface area contributed by atoms with Crippen molar-refractivity contribution in [2.24, 2.45) is 5.92 Å². The fourth-order valence-corrected chi connectivity index (χ4v) is 2.23. The molecule has 1 aromatic rings. The minimum Gasteiger partial charge on any atom is -0.397 e. The largest absolute Gasteiger partial charge is 0.397 e. The highest BCUT2D eigenvalue weighted by Crippen LogP contribution is 2.25. The second-order valence-electron chi connectivity index (χ2n) is 4.78. The van der Waals surface area contributed by atoms with Crippen molar-refractivity contribution in [3.63, 3.8) is 0 Å². The van der Waals surface area contributed by atoms with Crippen molar-refractivity contribution in [3.8, 4) is 0 Å². The van der Waals surface area contributed by atoms with Crippen LogP contribution in [0.3, 0.4) is 0 Å². The Morgan fingerprint density at radius 2 is 2.05 bits per heavy atom. The molecule has 3 heteroatoms. The van der Waals surface area contributed by atoms with Crippen LogP contribution in [0.4, 0.5) is 11.4 Å². The van der Waals surface area contributed by atoms with Crippen LogP contribution in [0.2, 0.25) is 0 Å². The molecule has 1 rings (SSSR count). The summed E-state index contributed by atoms with van der Waals surface area (Å²) in [6.07, 6.45) is 2.67. The van der Waals surface area contributed by atoms with Crippen LogP contribution < -0.4 is 10.6 Å². The lowest BCUT2D eigenvalue weighted by Crippen LogP contribution is -2.23. The lowest BCUT2D eigenvalue weighted by atomic mass is 9.95. The molecule has 0 aliphatic heterocycles. The van der Waals surface area contributed by atoms with Crippen LogP contribution in [0.15, 0.2) is 30.9 Å². The maximum absolute atomic E-state index is 8.19. The molecule has 0 aliphatic rings.